The second-order valence-electron chi connectivity index (χ2n) is 5.35. The van der Waals surface area contributed by atoms with Crippen molar-refractivity contribution in [3.63, 3.8) is 0 Å². The maximum Gasteiger partial charge on any atom is 0.271 e. The Hall–Kier alpha value is -3.62. The van der Waals surface area contributed by atoms with Gasteiger partial charge in [0.1, 0.15) is 11.5 Å². The lowest BCUT2D eigenvalue weighted by Gasteiger charge is -2.08. The van der Waals surface area contributed by atoms with E-state index in [2.05, 4.69) is 20.6 Å². The van der Waals surface area contributed by atoms with Crippen LogP contribution in [0.1, 0.15) is 10.5 Å². The first-order valence-corrected chi connectivity index (χ1v) is 7.71. The second kappa shape index (κ2) is 7.51. The molecule has 0 aliphatic rings. The van der Waals surface area contributed by atoms with E-state index in [1.54, 1.807) is 18.2 Å². The van der Waals surface area contributed by atoms with Crippen LogP contribution < -0.4 is 16.4 Å². The van der Waals surface area contributed by atoms with Gasteiger partial charge in [0.15, 0.2) is 0 Å². The average Bonchev–Trinajstić information content (AvgIpc) is 2.64. The first-order valence-electron chi connectivity index (χ1n) is 7.71. The number of nitrogens with zero attached hydrogens (tertiary/aromatic N) is 3. The van der Waals surface area contributed by atoms with Crippen molar-refractivity contribution in [2.75, 3.05) is 6.54 Å². The fourth-order valence-corrected chi connectivity index (χ4v) is 2.22. The number of carbonyl (C=O) groups is 1. The molecule has 0 atom stereocenters. The number of rotatable bonds is 5. The quantitative estimate of drug-likeness (QED) is 0.695. The minimum absolute atomic E-state index is 0.0602. The average molecular weight is 355 g/mol. The Balaban J connectivity index is 1.68. The van der Waals surface area contributed by atoms with Crippen LogP contribution in [-0.4, -0.2) is 32.4 Å². The zero-order chi connectivity index (χ0) is 18.5. The normalized spacial score (nSPS) is 10.5. The number of carbonyl (C=O) groups excluding carboxylic acids is 1. The van der Waals surface area contributed by atoms with E-state index >= 15 is 0 Å². The van der Waals surface area contributed by atoms with Gasteiger partial charge in [-0.1, -0.05) is 0 Å². The van der Waals surface area contributed by atoms with Crippen molar-refractivity contribution >= 4 is 5.91 Å². The molecule has 0 radical (unpaired) electrons. The molecule has 8 nitrogen and oxygen atoms in total. The molecule has 0 unspecified atom stereocenters. The van der Waals surface area contributed by atoms with Gasteiger partial charge in [-0.3, -0.25) is 14.4 Å². The third kappa shape index (κ3) is 4.07. The maximum absolute atomic E-state index is 13.0. The summed E-state index contributed by atoms with van der Waals surface area (Å²) in [7, 11) is 0. The Morgan fingerprint density at radius 2 is 1.85 bits per heavy atom. The number of hydrogen-bond acceptors (Lipinski definition) is 5. The summed E-state index contributed by atoms with van der Waals surface area (Å²) in [6, 6.07) is 11.2. The molecule has 2 aromatic heterocycles. The predicted molar refractivity (Wildman–Crippen MR) is 91.1 cm³/mol. The molecule has 132 valence electrons. The molecule has 0 bridgehead atoms. The number of aromatic nitrogens is 4. The molecule has 0 aliphatic heterocycles. The highest BCUT2D eigenvalue weighted by molar-refractivity contribution is 5.91. The number of hydrogen-bond donors (Lipinski definition) is 2. The first-order chi connectivity index (χ1) is 12.5. The lowest BCUT2D eigenvalue weighted by atomic mass is 10.1. The molecule has 0 spiro atoms. The molecule has 26 heavy (non-hydrogen) atoms. The minimum atomic E-state index is -0.482. The lowest BCUT2D eigenvalue weighted by molar-refractivity contribution is 0.0945. The second-order valence-corrected chi connectivity index (χ2v) is 5.35. The van der Waals surface area contributed by atoms with Crippen LogP contribution in [0.25, 0.3) is 11.3 Å². The number of benzene rings is 1. The SMILES string of the molecule is O=C(NCCn1nc(-c2ccc(F)cc2)ccc1=O)c1ccc(=O)[nH]n1. The smallest absolute Gasteiger partial charge is 0.271 e. The van der Waals surface area contributed by atoms with Crippen molar-refractivity contribution in [3.8, 4) is 11.3 Å². The monoisotopic (exact) mass is 355 g/mol. The number of nitrogens with one attached hydrogen (secondary N) is 2. The van der Waals surface area contributed by atoms with Crippen molar-refractivity contribution in [1.82, 2.24) is 25.3 Å². The molecule has 0 aliphatic carbocycles. The Labute approximate surface area is 146 Å². The van der Waals surface area contributed by atoms with Crippen molar-refractivity contribution in [1.29, 1.82) is 0 Å². The zero-order valence-corrected chi connectivity index (χ0v) is 13.5. The molecule has 0 saturated heterocycles. The van der Waals surface area contributed by atoms with E-state index in [1.165, 1.54) is 35.0 Å². The molecule has 3 rings (SSSR count). The molecule has 3 aromatic rings. The van der Waals surface area contributed by atoms with Crippen LogP contribution in [0.15, 0.2) is 58.1 Å². The summed E-state index contributed by atoms with van der Waals surface area (Å²) in [5.74, 6) is -0.843. The van der Waals surface area contributed by atoms with Gasteiger partial charge in [-0.25, -0.2) is 14.2 Å². The summed E-state index contributed by atoms with van der Waals surface area (Å²) < 4.78 is 14.2. The fourth-order valence-electron chi connectivity index (χ4n) is 2.22. The third-order valence-corrected chi connectivity index (χ3v) is 3.53. The predicted octanol–water partition coefficient (Wildman–Crippen LogP) is 0.563. The van der Waals surface area contributed by atoms with Crippen molar-refractivity contribution in [2.45, 2.75) is 6.54 Å². The largest absolute Gasteiger partial charge is 0.349 e. The van der Waals surface area contributed by atoms with Crippen LogP contribution in [0.5, 0.6) is 0 Å². The summed E-state index contributed by atoms with van der Waals surface area (Å²) in [5, 5.41) is 12.6. The van der Waals surface area contributed by atoms with E-state index in [0.717, 1.165) is 0 Å². The van der Waals surface area contributed by atoms with Crippen LogP contribution in [0, 0.1) is 5.82 Å². The van der Waals surface area contributed by atoms with Gasteiger partial charge in [0, 0.05) is 24.2 Å². The van der Waals surface area contributed by atoms with E-state index in [0.29, 0.717) is 11.3 Å². The van der Waals surface area contributed by atoms with Crippen LogP contribution in [0.2, 0.25) is 0 Å². The Kier molecular flexibility index (Phi) is 4.97. The number of halogens is 1. The Morgan fingerprint density at radius 1 is 1.08 bits per heavy atom. The van der Waals surface area contributed by atoms with E-state index in [9.17, 15) is 18.8 Å². The summed E-state index contributed by atoms with van der Waals surface area (Å²) in [4.78, 5) is 34.8. The van der Waals surface area contributed by atoms with Crippen molar-refractivity contribution in [3.05, 3.63) is 80.7 Å². The highest BCUT2D eigenvalue weighted by Crippen LogP contribution is 2.15. The molecule has 1 aromatic carbocycles. The van der Waals surface area contributed by atoms with E-state index in [4.69, 9.17) is 0 Å². The van der Waals surface area contributed by atoms with E-state index < -0.39 is 11.5 Å². The summed E-state index contributed by atoms with van der Waals surface area (Å²) in [5.41, 5.74) is 0.506. The van der Waals surface area contributed by atoms with Gasteiger partial charge in [0.2, 0.25) is 0 Å². The molecule has 9 heteroatoms. The van der Waals surface area contributed by atoms with Gasteiger partial charge < -0.3 is 5.32 Å². The lowest BCUT2D eigenvalue weighted by Crippen LogP contribution is -2.32. The zero-order valence-electron chi connectivity index (χ0n) is 13.5. The third-order valence-electron chi connectivity index (χ3n) is 3.53. The highest BCUT2D eigenvalue weighted by atomic mass is 19.1. The fraction of sp³-hybridized carbons (Fsp3) is 0.118. The van der Waals surface area contributed by atoms with Gasteiger partial charge in [-0.15, -0.1) is 0 Å². The molecule has 2 N–H and O–H groups in total. The maximum atomic E-state index is 13.0. The Morgan fingerprint density at radius 3 is 2.54 bits per heavy atom. The number of amides is 1. The summed E-state index contributed by atoms with van der Waals surface area (Å²) >= 11 is 0. The van der Waals surface area contributed by atoms with Gasteiger partial charge in [-0.05, 0) is 36.4 Å². The van der Waals surface area contributed by atoms with Crippen LogP contribution in [-0.2, 0) is 6.54 Å². The molecular weight excluding hydrogens is 341 g/mol. The highest BCUT2D eigenvalue weighted by Gasteiger charge is 2.08. The van der Waals surface area contributed by atoms with E-state index in [-0.39, 0.29) is 30.2 Å². The molecule has 1 amide bonds. The summed E-state index contributed by atoms with van der Waals surface area (Å²) in [6.07, 6.45) is 0. The number of H-pyrrole nitrogens is 1. The van der Waals surface area contributed by atoms with E-state index in [1.807, 2.05) is 0 Å². The standard InChI is InChI=1S/C17H14FN5O3/c18-12-3-1-11(2-4-12)13-6-8-16(25)23(22-13)10-9-19-17(26)14-5-7-15(24)21-20-14/h1-8H,9-10H2,(H,19,26)(H,21,24). The van der Waals surface area contributed by atoms with Crippen LogP contribution >= 0.6 is 0 Å². The van der Waals surface area contributed by atoms with Crippen LogP contribution in [0.4, 0.5) is 4.39 Å². The molecule has 0 saturated carbocycles. The molecular formula is C17H14FN5O3. The molecule has 0 fully saturated rings. The molecule has 2 heterocycles. The first kappa shape index (κ1) is 17.2. The topological polar surface area (TPSA) is 110 Å². The van der Waals surface area contributed by atoms with Gasteiger partial charge >= 0.3 is 0 Å². The van der Waals surface area contributed by atoms with Crippen LogP contribution in [0.3, 0.4) is 0 Å². The van der Waals surface area contributed by atoms with Gasteiger partial charge in [0.25, 0.3) is 17.0 Å². The number of aromatic amines is 1. The minimum Gasteiger partial charge on any atom is -0.349 e. The van der Waals surface area contributed by atoms with Gasteiger partial charge in [-0.2, -0.15) is 10.2 Å². The summed E-state index contributed by atoms with van der Waals surface area (Å²) in [6.45, 7) is 0.280. The van der Waals surface area contributed by atoms with Crippen molar-refractivity contribution in [2.24, 2.45) is 0 Å². The Bertz CT molecular complexity index is 1020. The van der Waals surface area contributed by atoms with Gasteiger partial charge in [0.05, 0.1) is 12.2 Å². The van der Waals surface area contributed by atoms with Crippen molar-refractivity contribution < 1.29 is 9.18 Å².